The molecule has 1 aliphatic heterocycles. The Labute approximate surface area is 121 Å². The Bertz CT molecular complexity index is 692. The number of hydrogen-bond donors (Lipinski definition) is 1. The first-order valence-electron chi connectivity index (χ1n) is 6.91. The summed E-state index contributed by atoms with van der Waals surface area (Å²) in [4.78, 5) is 5.21. The molecule has 0 spiro atoms. The van der Waals surface area contributed by atoms with Gasteiger partial charge >= 0.3 is 0 Å². The van der Waals surface area contributed by atoms with E-state index in [1.807, 2.05) is 4.57 Å². The second-order valence-corrected chi connectivity index (χ2v) is 5.66. The van der Waals surface area contributed by atoms with E-state index in [4.69, 9.17) is 12.2 Å². The zero-order chi connectivity index (χ0) is 14.3. The standard InChI is InChI=1S/C14H17F2N3S/c1-2-18-5-3-4-10(8-18)19-12-7-9(15)6-11(16)13(12)17-14(19)20/h6-7,10H,2-5,8H2,1H3,(H,17,20). The van der Waals surface area contributed by atoms with Gasteiger partial charge in [-0.2, -0.15) is 0 Å². The van der Waals surface area contributed by atoms with E-state index in [0.717, 1.165) is 38.5 Å². The minimum atomic E-state index is -0.590. The van der Waals surface area contributed by atoms with Crippen molar-refractivity contribution in [2.45, 2.75) is 25.8 Å². The van der Waals surface area contributed by atoms with Gasteiger partial charge in [0.1, 0.15) is 11.3 Å². The molecule has 1 fully saturated rings. The van der Waals surface area contributed by atoms with Crippen molar-refractivity contribution in [3.63, 3.8) is 0 Å². The summed E-state index contributed by atoms with van der Waals surface area (Å²) in [5.74, 6) is -1.16. The van der Waals surface area contributed by atoms with Gasteiger partial charge in [-0.25, -0.2) is 8.78 Å². The van der Waals surface area contributed by atoms with Crippen LogP contribution in [0.4, 0.5) is 8.78 Å². The molecule has 1 unspecified atom stereocenters. The van der Waals surface area contributed by atoms with E-state index in [1.165, 1.54) is 6.07 Å². The van der Waals surface area contributed by atoms with Crippen LogP contribution >= 0.6 is 12.2 Å². The van der Waals surface area contributed by atoms with Gasteiger partial charge in [-0.15, -0.1) is 0 Å². The Morgan fingerprint density at radius 2 is 2.20 bits per heavy atom. The molecule has 0 bridgehead atoms. The van der Waals surface area contributed by atoms with Crippen molar-refractivity contribution in [3.05, 3.63) is 28.5 Å². The van der Waals surface area contributed by atoms with Crippen molar-refractivity contribution in [2.75, 3.05) is 19.6 Å². The molecular weight excluding hydrogens is 280 g/mol. The van der Waals surface area contributed by atoms with Gasteiger partial charge in [0.05, 0.1) is 5.52 Å². The van der Waals surface area contributed by atoms with Crippen LogP contribution in [0.25, 0.3) is 11.0 Å². The fourth-order valence-corrected chi connectivity index (χ4v) is 3.39. The lowest BCUT2D eigenvalue weighted by atomic mass is 10.1. The number of piperidine rings is 1. The van der Waals surface area contributed by atoms with E-state index in [-0.39, 0.29) is 6.04 Å². The molecule has 1 aromatic carbocycles. The van der Waals surface area contributed by atoms with E-state index in [0.29, 0.717) is 15.8 Å². The van der Waals surface area contributed by atoms with Crippen molar-refractivity contribution in [1.29, 1.82) is 0 Å². The van der Waals surface area contributed by atoms with Crippen LogP contribution in [0, 0.1) is 16.4 Å². The molecule has 0 radical (unpaired) electrons. The van der Waals surface area contributed by atoms with Crippen LogP contribution in [0.3, 0.4) is 0 Å². The maximum atomic E-state index is 13.8. The molecule has 2 heterocycles. The normalized spacial score (nSPS) is 20.6. The number of nitrogens with one attached hydrogen (secondary N) is 1. The second kappa shape index (κ2) is 5.26. The first-order chi connectivity index (χ1) is 9.60. The number of hydrogen-bond acceptors (Lipinski definition) is 2. The molecule has 1 N–H and O–H groups in total. The maximum absolute atomic E-state index is 13.8. The van der Waals surface area contributed by atoms with Gasteiger partial charge in [-0.05, 0) is 44.2 Å². The molecule has 0 aliphatic carbocycles. The number of rotatable bonds is 2. The molecule has 1 aromatic heterocycles. The Balaban J connectivity index is 2.11. The zero-order valence-electron chi connectivity index (χ0n) is 11.3. The molecule has 3 rings (SSSR count). The number of aromatic amines is 1. The summed E-state index contributed by atoms with van der Waals surface area (Å²) in [7, 11) is 0. The molecule has 0 saturated carbocycles. The number of H-pyrrole nitrogens is 1. The highest BCUT2D eigenvalue weighted by Crippen LogP contribution is 2.28. The van der Waals surface area contributed by atoms with Crippen molar-refractivity contribution in [1.82, 2.24) is 14.5 Å². The number of halogens is 2. The summed E-state index contributed by atoms with van der Waals surface area (Å²) in [5.41, 5.74) is 0.820. The van der Waals surface area contributed by atoms with E-state index < -0.39 is 11.6 Å². The number of benzene rings is 1. The zero-order valence-corrected chi connectivity index (χ0v) is 12.1. The molecule has 3 nitrogen and oxygen atoms in total. The second-order valence-electron chi connectivity index (χ2n) is 5.27. The largest absolute Gasteiger partial charge is 0.328 e. The summed E-state index contributed by atoms with van der Waals surface area (Å²) >= 11 is 5.31. The highest BCUT2D eigenvalue weighted by Gasteiger charge is 2.23. The van der Waals surface area contributed by atoms with Crippen molar-refractivity contribution in [3.8, 4) is 0 Å². The van der Waals surface area contributed by atoms with E-state index in [1.54, 1.807) is 0 Å². The lowest BCUT2D eigenvalue weighted by molar-refractivity contribution is 0.186. The lowest BCUT2D eigenvalue weighted by Crippen LogP contribution is -2.36. The first kappa shape index (κ1) is 13.7. The Morgan fingerprint density at radius 1 is 1.40 bits per heavy atom. The van der Waals surface area contributed by atoms with E-state index in [9.17, 15) is 8.78 Å². The number of likely N-dealkylation sites (tertiary alicyclic amines) is 1. The first-order valence-corrected chi connectivity index (χ1v) is 7.32. The quantitative estimate of drug-likeness (QED) is 0.856. The van der Waals surface area contributed by atoms with Crippen LogP contribution in [0.1, 0.15) is 25.8 Å². The average molecular weight is 297 g/mol. The third kappa shape index (κ3) is 2.27. The van der Waals surface area contributed by atoms with Crippen molar-refractivity contribution < 1.29 is 8.78 Å². The van der Waals surface area contributed by atoms with Gasteiger partial charge in [-0.1, -0.05) is 6.92 Å². The third-order valence-electron chi connectivity index (χ3n) is 4.04. The Kier molecular flexibility index (Phi) is 3.60. The molecule has 1 aliphatic rings. The molecule has 1 saturated heterocycles. The van der Waals surface area contributed by atoms with Crippen LogP contribution in [-0.4, -0.2) is 34.1 Å². The fraction of sp³-hybridized carbons (Fsp3) is 0.500. The predicted octanol–water partition coefficient (Wildman–Crippen LogP) is 3.63. The SMILES string of the molecule is CCN1CCCC(n2c(=S)[nH]c3c(F)cc(F)cc32)C1. The monoisotopic (exact) mass is 297 g/mol. The van der Waals surface area contributed by atoms with Gasteiger partial charge in [0, 0.05) is 18.7 Å². The minimum Gasteiger partial charge on any atom is -0.328 e. The van der Waals surface area contributed by atoms with Gasteiger partial charge in [0.25, 0.3) is 0 Å². The molecule has 2 aromatic rings. The summed E-state index contributed by atoms with van der Waals surface area (Å²) in [5, 5.41) is 0. The van der Waals surface area contributed by atoms with Gasteiger partial charge < -0.3 is 14.5 Å². The number of aromatic nitrogens is 2. The molecule has 20 heavy (non-hydrogen) atoms. The van der Waals surface area contributed by atoms with Gasteiger partial charge in [0.15, 0.2) is 10.6 Å². The highest BCUT2D eigenvalue weighted by molar-refractivity contribution is 7.71. The molecular formula is C14H17F2N3S. The summed E-state index contributed by atoms with van der Waals surface area (Å²) in [6, 6.07) is 2.42. The van der Waals surface area contributed by atoms with Crippen LogP contribution in [0.2, 0.25) is 0 Å². The van der Waals surface area contributed by atoms with Gasteiger partial charge in [-0.3, -0.25) is 0 Å². The summed E-state index contributed by atoms with van der Waals surface area (Å²) < 4.78 is 29.6. The summed E-state index contributed by atoms with van der Waals surface area (Å²) in [6.07, 6.45) is 2.06. The van der Waals surface area contributed by atoms with Gasteiger partial charge in [0.2, 0.25) is 0 Å². The predicted molar refractivity (Wildman–Crippen MR) is 77.4 cm³/mol. The molecule has 1 atom stereocenters. The number of nitrogens with zero attached hydrogens (tertiary/aromatic N) is 2. The van der Waals surface area contributed by atoms with Crippen molar-refractivity contribution >= 4 is 23.3 Å². The van der Waals surface area contributed by atoms with Crippen LogP contribution in [0.5, 0.6) is 0 Å². The van der Waals surface area contributed by atoms with E-state index in [2.05, 4.69) is 16.8 Å². The average Bonchev–Trinajstić information content (AvgIpc) is 2.75. The number of fused-ring (bicyclic) bond motifs is 1. The van der Waals surface area contributed by atoms with Crippen molar-refractivity contribution in [2.24, 2.45) is 0 Å². The maximum Gasteiger partial charge on any atom is 0.178 e. The molecule has 6 heteroatoms. The summed E-state index contributed by atoms with van der Waals surface area (Å²) in [6.45, 7) is 5.05. The van der Waals surface area contributed by atoms with E-state index >= 15 is 0 Å². The third-order valence-corrected chi connectivity index (χ3v) is 4.34. The smallest absolute Gasteiger partial charge is 0.178 e. The Morgan fingerprint density at radius 3 is 2.95 bits per heavy atom. The lowest BCUT2D eigenvalue weighted by Gasteiger charge is -2.32. The highest BCUT2D eigenvalue weighted by atomic mass is 32.1. The molecule has 0 amide bonds. The number of likely N-dealkylation sites (N-methyl/N-ethyl adjacent to an activating group) is 1. The molecule has 108 valence electrons. The minimum absolute atomic E-state index is 0.172. The fourth-order valence-electron chi connectivity index (χ4n) is 3.04. The Hall–Kier alpha value is -1.27. The topological polar surface area (TPSA) is 24.0 Å². The number of imidazole rings is 1. The van der Waals surface area contributed by atoms with Crippen LogP contribution in [0.15, 0.2) is 12.1 Å². The van der Waals surface area contributed by atoms with Crippen LogP contribution in [-0.2, 0) is 0 Å². The van der Waals surface area contributed by atoms with Crippen LogP contribution < -0.4 is 0 Å².